The third kappa shape index (κ3) is 5.62. The summed E-state index contributed by atoms with van der Waals surface area (Å²) in [5, 5.41) is 2.82. The van der Waals surface area contributed by atoms with Crippen molar-refractivity contribution in [3.05, 3.63) is 64.7 Å². The minimum absolute atomic E-state index is 0.163. The molecule has 0 saturated heterocycles. The number of para-hydroxylation sites is 1. The Kier molecular flexibility index (Phi) is 6.78. The summed E-state index contributed by atoms with van der Waals surface area (Å²) >= 11 is 0. The van der Waals surface area contributed by atoms with Crippen molar-refractivity contribution in [2.24, 2.45) is 0 Å². The van der Waals surface area contributed by atoms with Crippen molar-refractivity contribution in [2.75, 3.05) is 13.2 Å². The molecule has 0 saturated carbocycles. The lowest BCUT2D eigenvalue weighted by Crippen LogP contribution is -2.32. The molecule has 5 nitrogen and oxygen atoms in total. The van der Waals surface area contributed by atoms with E-state index in [1.54, 1.807) is 6.07 Å². The van der Waals surface area contributed by atoms with Crippen LogP contribution in [0.3, 0.4) is 0 Å². The molecule has 2 aromatic carbocycles. The van der Waals surface area contributed by atoms with Crippen LogP contribution in [0.5, 0.6) is 5.75 Å². The fourth-order valence-corrected chi connectivity index (χ4v) is 2.44. The smallest absolute Gasteiger partial charge is 0.344 e. The average molecular weight is 355 g/mol. The first-order chi connectivity index (χ1) is 12.4. The first kappa shape index (κ1) is 19.5. The summed E-state index contributed by atoms with van der Waals surface area (Å²) in [6.07, 6.45) is 0. The molecule has 5 heteroatoms. The quantitative estimate of drug-likeness (QED) is 0.773. The number of benzene rings is 2. The van der Waals surface area contributed by atoms with Crippen molar-refractivity contribution < 1.29 is 19.1 Å². The van der Waals surface area contributed by atoms with Crippen molar-refractivity contribution in [1.29, 1.82) is 0 Å². The zero-order valence-corrected chi connectivity index (χ0v) is 15.7. The third-order valence-electron chi connectivity index (χ3n) is 4.21. The van der Waals surface area contributed by atoms with Gasteiger partial charge in [0.25, 0.3) is 5.91 Å². The zero-order chi connectivity index (χ0) is 19.1. The highest BCUT2D eigenvalue weighted by atomic mass is 16.6. The number of amides is 1. The van der Waals surface area contributed by atoms with Crippen LogP contribution in [0.25, 0.3) is 0 Å². The minimum atomic E-state index is -0.581. The Bertz CT molecular complexity index is 785. The predicted octanol–water partition coefficient (Wildman–Crippen LogP) is 3.41. The van der Waals surface area contributed by atoms with Gasteiger partial charge in [-0.2, -0.15) is 0 Å². The number of hydrogen-bond acceptors (Lipinski definition) is 4. The summed E-state index contributed by atoms with van der Waals surface area (Å²) in [5.41, 5.74) is 4.31. The third-order valence-corrected chi connectivity index (χ3v) is 4.21. The molecule has 0 unspecified atom stereocenters. The normalized spacial score (nSPS) is 11.5. The number of hydrogen-bond donors (Lipinski definition) is 1. The molecular formula is C21H25NO4. The molecule has 0 fully saturated rings. The lowest BCUT2D eigenvalue weighted by atomic mass is 10.0. The Balaban J connectivity index is 1.76. The molecule has 1 N–H and O–H groups in total. The van der Waals surface area contributed by atoms with Crippen LogP contribution in [0, 0.1) is 20.8 Å². The first-order valence-electron chi connectivity index (χ1n) is 8.57. The molecule has 0 aliphatic heterocycles. The van der Waals surface area contributed by atoms with Crippen molar-refractivity contribution >= 4 is 11.9 Å². The van der Waals surface area contributed by atoms with E-state index in [0.717, 1.165) is 11.1 Å². The van der Waals surface area contributed by atoms with Gasteiger partial charge in [0.15, 0.2) is 13.2 Å². The molecule has 1 amide bonds. The van der Waals surface area contributed by atoms with Gasteiger partial charge in [0.1, 0.15) is 5.75 Å². The van der Waals surface area contributed by atoms with E-state index in [-0.39, 0.29) is 25.2 Å². The molecule has 0 bridgehead atoms. The second-order valence-electron chi connectivity index (χ2n) is 6.35. The molecule has 1 atom stereocenters. The lowest BCUT2D eigenvalue weighted by Gasteiger charge is -2.16. The highest BCUT2D eigenvalue weighted by molar-refractivity contribution is 5.81. The van der Waals surface area contributed by atoms with Gasteiger partial charge in [0, 0.05) is 0 Å². The predicted molar refractivity (Wildman–Crippen MR) is 100 cm³/mol. The van der Waals surface area contributed by atoms with Gasteiger partial charge in [-0.15, -0.1) is 0 Å². The second-order valence-corrected chi connectivity index (χ2v) is 6.35. The van der Waals surface area contributed by atoms with Crippen LogP contribution in [0.4, 0.5) is 0 Å². The summed E-state index contributed by atoms with van der Waals surface area (Å²) in [5.74, 6) is -0.306. The fourth-order valence-electron chi connectivity index (χ4n) is 2.44. The lowest BCUT2D eigenvalue weighted by molar-refractivity contribution is -0.150. The van der Waals surface area contributed by atoms with Crippen molar-refractivity contribution in [2.45, 2.75) is 33.7 Å². The van der Waals surface area contributed by atoms with Gasteiger partial charge >= 0.3 is 5.97 Å². The van der Waals surface area contributed by atoms with Gasteiger partial charge in [-0.25, -0.2) is 4.79 Å². The number of aryl methyl sites for hydroxylation is 3. The standard InChI is InChI=1S/C21H25NO4/c1-14-9-10-18(11-16(14)3)17(4)22-20(23)12-26-21(24)13-25-19-8-6-5-7-15(19)2/h5-11,17H,12-13H2,1-4H3,(H,22,23)/t17-/m1/s1. The Hall–Kier alpha value is -2.82. The Morgan fingerprint density at radius 3 is 2.38 bits per heavy atom. The monoisotopic (exact) mass is 355 g/mol. The van der Waals surface area contributed by atoms with Crippen LogP contribution >= 0.6 is 0 Å². The van der Waals surface area contributed by atoms with Crippen LogP contribution < -0.4 is 10.1 Å². The number of nitrogens with one attached hydrogen (secondary N) is 1. The molecule has 2 aromatic rings. The Morgan fingerprint density at radius 1 is 0.962 bits per heavy atom. The maximum Gasteiger partial charge on any atom is 0.344 e. The first-order valence-corrected chi connectivity index (χ1v) is 8.57. The van der Waals surface area contributed by atoms with Gasteiger partial charge in [0.2, 0.25) is 0 Å². The van der Waals surface area contributed by atoms with E-state index in [4.69, 9.17) is 9.47 Å². The van der Waals surface area contributed by atoms with E-state index in [0.29, 0.717) is 5.75 Å². The highest BCUT2D eigenvalue weighted by Gasteiger charge is 2.13. The van der Waals surface area contributed by atoms with E-state index in [1.165, 1.54) is 11.1 Å². The molecule has 26 heavy (non-hydrogen) atoms. The Morgan fingerprint density at radius 2 is 1.69 bits per heavy atom. The number of carbonyl (C=O) groups excluding carboxylic acids is 2. The van der Waals surface area contributed by atoms with Crippen LogP contribution in [0.1, 0.15) is 35.2 Å². The maximum absolute atomic E-state index is 12.0. The van der Waals surface area contributed by atoms with Gasteiger partial charge in [-0.1, -0.05) is 36.4 Å². The maximum atomic E-state index is 12.0. The molecule has 0 aliphatic carbocycles. The van der Waals surface area contributed by atoms with Gasteiger partial charge in [-0.3, -0.25) is 4.79 Å². The topological polar surface area (TPSA) is 64.6 Å². The van der Waals surface area contributed by atoms with E-state index >= 15 is 0 Å². The van der Waals surface area contributed by atoms with Crippen LogP contribution in [0.2, 0.25) is 0 Å². The number of ether oxygens (including phenoxy) is 2. The van der Waals surface area contributed by atoms with Crippen molar-refractivity contribution in [3.63, 3.8) is 0 Å². The van der Waals surface area contributed by atoms with Gasteiger partial charge < -0.3 is 14.8 Å². The molecular weight excluding hydrogens is 330 g/mol. The molecule has 2 rings (SSSR count). The summed E-state index contributed by atoms with van der Waals surface area (Å²) in [7, 11) is 0. The molecule has 138 valence electrons. The molecule has 0 radical (unpaired) electrons. The summed E-state index contributed by atoms with van der Waals surface area (Å²) < 4.78 is 10.4. The Labute approximate surface area is 154 Å². The van der Waals surface area contributed by atoms with Crippen LogP contribution in [-0.4, -0.2) is 25.1 Å². The SMILES string of the molecule is Cc1ccc([C@@H](C)NC(=O)COC(=O)COc2ccccc2C)cc1C. The van der Waals surface area contributed by atoms with Crippen molar-refractivity contribution in [1.82, 2.24) is 5.32 Å². The number of carbonyl (C=O) groups is 2. The molecule has 0 spiro atoms. The molecule has 0 aliphatic rings. The van der Waals surface area contributed by atoms with E-state index < -0.39 is 5.97 Å². The number of esters is 1. The van der Waals surface area contributed by atoms with Crippen molar-refractivity contribution in [3.8, 4) is 5.75 Å². The van der Waals surface area contributed by atoms with E-state index in [9.17, 15) is 9.59 Å². The van der Waals surface area contributed by atoms with Gasteiger partial charge in [-0.05, 0) is 56.0 Å². The highest BCUT2D eigenvalue weighted by Crippen LogP contribution is 2.17. The van der Waals surface area contributed by atoms with E-state index in [1.807, 2.05) is 64.1 Å². The zero-order valence-electron chi connectivity index (χ0n) is 15.7. The van der Waals surface area contributed by atoms with Crippen LogP contribution in [-0.2, 0) is 14.3 Å². The summed E-state index contributed by atoms with van der Waals surface area (Å²) in [6, 6.07) is 13.3. The summed E-state index contributed by atoms with van der Waals surface area (Å²) in [4.78, 5) is 23.7. The average Bonchev–Trinajstić information content (AvgIpc) is 2.61. The van der Waals surface area contributed by atoms with Crippen LogP contribution in [0.15, 0.2) is 42.5 Å². The fraction of sp³-hybridized carbons (Fsp3) is 0.333. The second kappa shape index (κ2) is 9.04. The number of rotatable bonds is 7. The van der Waals surface area contributed by atoms with Gasteiger partial charge in [0.05, 0.1) is 6.04 Å². The molecule has 0 aromatic heterocycles. The molecule has 0 heterocycles. The largest absolute Gasteiger partial charge is 0.482 e. The minimum Gasteiger partial charge on any atom is -0.482 e. The van der Waals surface area contributed by atoms with E-state index in [2.05, 4.69) is 5.32 Å². The summed E-state index contributed by atoms with van der Waals surface area (Å²) in [6.45, 7) is 7.30.